The van der Waals surface area contributed by atoms with Crippen molar-refractivity contribution in [2.45, 2.75) is 13.0 Å². The average Bonchev–Trinajstić information content (AvgIpc) is 2.77. The molecule has 0 saturated heterocycles. The molecule has 0 aliphatic carbocycles. The molecule has 4 rings (SSSR count). The number of para-hydroxylation sites is 1. The summed E-state index contributed by atoms with van der Waals surface area (Å²) in [5, 5.41) is 2.93. The molecule has 1 aliphatic rings. The molecule has 0 aromatic heterocycles. The predicted molar refractivity (Wildman–Crippen MR) is 112 cm³/mol. The smallest absolute Gasteiger partial charge is 0.251 e. The second-order valence-electron chi connectivity index (χ2n) is 6.91. The Morgan fingerprint density at radius 3 is 2.57 bits per heavy atom. The van der Waals surface area contributed by atoms with E-state index in [1.807, 2.05) is 48.5 Å². The first kappa shape index (κ1) is 18.1. The number of carbonyl (C=O) groups is 1. The number of hydrogen-bond acceptors (Lipinski definition) is 3. The van der Waals surface area contributed by atoms with Gasteiger partial charge in [0.05, 0.1) is 6.54 Å². The zero-order valence-electron chi connectivity index (χ0n) is 15.8. The molecule has 4 heteroatoms. The molecule has 1 heterocycles. The van der Waals surface area contributed by atoms with E-state index in [-0.39, 0.29) is 5.91 Å². The van der Waals surface area contributed by atoms with E-state index in [9.17, 15) is 4.79 Å². The van der Waals surface area contributed by atoms with Gasteiger partial charge in [0.25, 0.3) is 5.91 Å². The third-order valence-corrected chi connectivity index (χ3v) is 5.00. The Kier molecular flexibility index (Phi) is 5.57. The summed E-state index contributed by atoms with van der Waals surface area (Å²) in [5.74, 6) is 0.736. The molecule has 0 bridgehead atoms. The fraction of sp³-hybridized carbons (Fsp3) is 0.208. The van der Waals surface area contributed by atoms with Gasteiger partial charge >= 0.3 is 0 Å². The van der Waals surface area contributed by atoms with E-state index < -0.39 is 0 Å². The van der Waals surface area contributed by atoms with Crippen LogP contribution in [0.1, 0.15) is 21.5 Å². The Labute approximate surface area is 165 Å². The molecule has 1 aliphatic heterocycles. The average molecular weight is 372 g/mol. The van der Waals surface area contributed by atoms with Crippen molar-refractivity contribution >= 4 is 11.6 Å². The number of hydrogen-bond donors (Lipinski definition) is 1. The Hall–Kier alpha value is -3.27. The van der Waals surface area contributed by atoms with Crippen molar-refractivity contribution in [3.8, 4) is 5.75 Å². The summed E-state index contributed by atoms with van der Waals surface area (Å²) in [6, 6.07) is 26.0. The molecule has 0 spiro atoms. The number of ether oxygens (including phenoxy) is 1. The molecule has 0 radical (unpaired) electrons. The van der Waals surface area contributed by atoms with Crippen LogP contribution in [0, 0.1) is 0 Å². The molecular weight excluding hydrogens is 348 g/mol. The lowest BCUT2D eigenvalue weighted by Crippen LogP contribution is -2.31. The van der Waals surface area contributed by atoms with Crippen LogP contribution in [0.15, 0.2) is 78.9 Å². The third kappa shape index (κ3) is 4.34. The van der Waals surface area contributed by atoms with E-state index in [0.29, 0.717) is 18.7 Å². The highest BCUT2D eigenvalue weighted by Gasteiger charge is 2.17. The van der Waals surface area contributed by atoms with E-state index in [2.05, 4.69) is 40.5 Å². The van der Waals surface area contributed by atoms with Crippen LogP contribution >= 0.6 is 0 Å². The highest BCUT2D eigenvalue weighted by Crippen LogP contribution is 2.25. The Morgan fingerprint density at radius 2 is 1.71 bits per heavy atom. The van der Waals surface area contributed by atoms with Gasteiger partial charge in [-0.1, -0.05) is 48.5 Å². The molecule has 142 valence electrons. The summed E-state index contributed by atoms with van der Waals surface area (Å²) in [6.45, 7) is 2.76. The number of benzene rings is 3. The minimum atomic E-state index is -0.0732. The van der Waals surface area contributed by atoms with Crippen LogP contribution in [-0.2, 0) is 13.0 Å². The molecule has 0 atom stereocenters. The van der Waals surface area contributed by atoms with Gasteiger partial charge in [-0.3, -0.25) is 4.79 Å². The van der Waals surface area contributed by atoms with Crippen LogP contribution in [0.25, 0.3) is 0 Å². The van der Waals surface area contributed by atoms with Crippen molar-refractivity contribution in [1.82, 2.24) is 5.32 Å². The van der Waals surface area contributed by atoms with Gasteiger partial charge in [-0.05, 0) is 47.9 Å². The van der Waals surface area contributed by atoms with Crippen molar-refractivity contribution in [3.63, 3.8) is 0 Å². The van der Waals surface area contributed by atoms with E-state index in [4.69, 9.17) is 4.74 Å². The van der Waals surface area contributed by atoms with E-state index in [0.717, 1.165) is 30.9 Å². The van der Waals surface area contributed by atoms with Crippen LogP contribution in [0.5, 0.6) is 5.75 Å². The van der Waals surface area contributed by atoms with Crippen LogP contribution in [0.4, 0.5) is 5.69 Å². The minimum absolute atomic E-state index is 0.0732. The minimum Gasteiger partial charge on any atom is -0.492 e. The molecule has 0 saturated carbocycles. The highest BCUT2D eigenvalue weighted by atomic mass is 16.5. The second-order valence-corrected chi connectivity index (χ2v) is 6.91. The Balaban J connectivity index is 1.34. The van der Waals surface area contributed by atoms with Crippen molar-refractivity contribution < 1.29 is 9.53 Å². The van der Waals surface area contributed by atoms with E-state index in [1.165, 1.54) is 11.1 Å². The molecule has 3 aromatic carbocycles. The van der Waals surface area contributed by atoms with Crippen molar-refractivity contribution in [1.29, 1.82) is 0 Å². The second kappa shape index (κ2) is 8.61. The summed E-state index contributed by atoms with van der Waals surface area (Å²) in [5.41, 5.74) is 4.55. The summed E-state index contributed by atoms with van der Waals surface area (Å²) in [6.07, 6.45) is 1.03. The van der Waals surface area contributed by atoms with Crippen LogP contribution < -0.4 is 15.0 Å². The lowest BCUT2D eigenvalue weighted by Gasteiger charge is -2.31. The van der Waals surface area contributed by atoms with Crippen molar-refractivity contribution in [2.75, 3.05) is 24.6 Å². The number of carbonyl (C=O) groups excluding carboxylic acids is 1. The highest BCUT2D eigenvalue weighted by molar-refractivity contribution is 5.95. The van der Waals surface area contributed by atoms with Gasteiger partial charge in [0.1, 0.15) is 12.4 Å². The zero-order valence-corrected chi connectivity index (χ0v) is 15.8. The number of nitrogens with zero attached hydrogens (tertiary/aromatic N) is 1. The van der Waals surface area contributed by atoms with Gasteiger partial charge < -0.3 is 15.0 Å². The first-order valence-electron chi connectivity index (χ1n) is 9.67. The molecule has 0 unspecified atom stereocenters. The monoisotopic (exact) mass is 372 g/mol. The maximum Gasteiger partial charge on any atom is 0.251 e. The first-order valence-corrected chi connectivity index (χ1v) is 9.67. The topological polar surface area (TPSA) is 41.6 Å². The van der Waals surface area contributed by atoms with Crippen molar-refractivity contribution in [3.05, 3.63) is 95.6 Å². The van der Waals surface area contributed by atoms with Gasteiger partial charge in [-0.25, -0.2) is 0 Å². The number of anilines is 1. The number of nitrogens with one attached hydrogen (secondary N) is 1. The van der Waals surface area contributed by atoms with Crippen LogP contribution in [0.2, 0.25) is 0 Å². The van der Waals surface area contributed by atoms with Gasteiger partial charge in [0.2, 0.25) is 0 Å². The summed E-state index contributed by atoms with van der Waals surface area (Å²) in [7, 11) is 0. The maximum atomic E-state index is 12.5. The van der Waals surface area contributed by atoms with Gasteiger partial charge in [0.15, 0.2) is 0 Å². The molecule has 0 fully saturated rings. The largest absolute Gasteiger partial charge is 0.492 e. The molecule has 1 amide bonds. The number of rotatable bonds is 6. The van der Waals surface area contributed by atoms with E-state index >= 15 is 0 Å². The molecule has 1 N–H and O–H groups in total. The van der Waals surface area contributed by atoms with Crippen LogP contribution in [-0.4, -0.2) is 25.6 Å². The summed E-state index contributed by atoms with van der Waals surface area (Å²) >= 11 is 0. The maximum absolute atomic E-state index is 12.5. The number of amides is 1. The Morgan fingerprint density at radius 1 is 0.929 bits per heavy atom. The van der Waals surface area contributed by atoms with Crippen LogP contribution in [0.3, 0.4) is 0 Å². The SMILES string of the molecule is O=C(NCCOc1ccccc1)c1cccc(N2CCc3ccccc3C2)c1. The number of fused-ring (bicyclic) bond motifs is 1. The zero-order chi connectivity index (χ0) is 19.2. The van der Waals surface area contributed by atoms with Gasteiger partial charge in [-0.15, -0.1) is 0 Å². The van der Waals surface area contributed by atoms with E-state index in [1.54, 1.807) is 0 Å². The molecular formula is C24H24N2O2. The summed E-state index contributed by atoms with van der Waals surface area (Å²) in [4.78, 5) is 14.8. The molecule has 3 aromatic rings. The molecule has 4 nitrogen and oxygen atoms in total. The quantitative estimate of drug-likeness (QED) is 0.664. The standard InChI is InChI=1S/C24H24N2O2/c27-24(25-14-16-28-23-11-2-1-3-12-23)20-9-6-10-22(17-20)26-15-13-19-7-4-5-8-21(19)18-26/h1-12,17H,13-16,18H2,(H,25,27). The van der Waals surface area contributed by atoms with Gasteiger partial charge in [-0.2, -0.15) is 0 Å². The third-order valence-electron chi connectivity index (χ3n) is 5.00. The normalized spacial score (nSPS) is 12.9. The predicted octanol–water partition coefficient (Wildman–Crippen LogP) is 4.06. The lowest BCUT2D eigenvalue weighted by molar-refractivity contribution is 0.0947. The first-order chi connectivity index (χ1) is 13.8. The van der Waals surface area contributed by atoms with Gasteiger partial charge in [0, 0.05) is 24.3 Å². The van der Waals surface area contributed by atoms with Crippen molar-refractivity contribution in [2.24, 2.45) is 0 Å². The lowest BCUT2D eigenvalue weighted by atomic mass is 9.99. The fourth-order valence-corrected chi connectivity index (χ4v) is 3.51. The molecule has 28 heavy (non-hydrogen) atoms. The summed E-state index contributed by atoms with van der Waals surface area (Å²) < 4.78 is 5.62. The Bertz CT molecular complexity index is 940. The fourth-order valence-electron chi connectivity index (χ4n) is 3.51.